The van der Waals surface area contributed by atoms with Crippen LogP contribution in [0, 0.1) is 5.92 Å². The van der Waals surface area contributed by atoms with Crippen LogP contribution in [0.25, 0.3) is 0 Å². The summed E-state index contributed by atoms with van der Waals surface area (Å²) in [6.07, 6.45) is 3.96. The Balaban J connectivity index is 1.26. The topological polar surface area (TPSA) is 58.6 Å². The van der Waals surface area contributed by atoms with Crippen molar-refractivity contribution in [3.63, 3.8) is 0 Å². The number of hydrogen-bond acceptors (Lipinski definition) is 4. The highest BCUT2D eigenvalue weighted by Crippen LogP contribution is 2.32. The average molecular weight is 399 g/mol. The van der Waals surface area contributed by atoms with Crippen LogP contribution in [-0.4, -0.2) is 35.9 Å². The molecule has 0 unspecified atom stereocenters. The van der Waals surface area contributed by atoms with E-state index in [-0.39, 0.29) is 18.1 Å². The number of benzene rings is 1. The summed E-state index contributed by atoms with van der Waals surface area (Å²) >= 11 is 1.64. The number of rotatable bonds is 6. The molecule has 2 fully saturated rings. The number of nitrogens with zero attached hydrogens (tertiary/aromatic N) is 1. The van der Waals surface area contributed by atoms with E-state index in [1.165, 1.54) is 0 Å². The molecule has 5 nitrogen and oxygen atoms in total. The van der Waals surface area contributed by atoms with Gasteiger partial charge in [0, 0.05) is 42.3 Å². The molecule has 1 N–H and O–H groups in total. The fourth-order valence-corrected chi connectivity index (χ4v) is 4.28. The smallest absolute Gasteiger partial charge is 0.251 e. The van der Waals surface area contributed by atoms with Crippen molar-refractivity contribution in [2.24, 2.45) is 5.92 Å². The van der Waals surface area contributed by atoms with Gasteiger partial charge in [0.05, 0.1) is 6.04 Å². The second-order valence-corrected chi connectivity index (χ2v) is 8.63. The average Bonchev–Trinajstić information content (AvgIpc) is 3.42. The standard InChI is InChI=1S/C22H26N2O3S/c1-15(20-3-2-14-28-20)23-21(25)16-6-8-18(9-7-16)27-19-10-12-24(13-11-19)22(26)17-4-5-17/h2-3,6-9,14-15,17,19H,4-5,10-13H2,1H3,(H,23,25)/t15-/m0/s1. The number of hydrogen-bond donors (Lipinski definition) is 1. The van der Waals surface area contributed by atoms with Gasteiger partial charge in [0.2, 0.25) is 5.91 Å². The zero-order chi connectivity index (χ0) is 19.5. The Bertz CT molecular complexity index is 807. The quantitative estimate of drug-likeness (QED) is 0.800. The van der Waals surface area contributed by atoms with Crippen molar-refractivity contribution in [2.75, 3.05) is 13.1 Å². The molecular formula is C22H26N2O3S. The Kier molecular flexibility index (Phi) is 5.67. The van der Waals surface area contributed by atoms with Gasteiger partial charge in [0.25, 0.3) is 5.91 Å². The molecule has 2 aliphatic rings. The lowest BCUT2D eigenvalue weighted by molar-refractivity contribution is -0.134. The molecule has 1 saturated carbocycles. The van der Waals surface area contributed by atoms with Gasteiger partial charge in [-0.3, -0.25) is 9.59 Å². The fraction of sp³-hybridized carbons (Fsp3) is 0.455. The lowest BCUT2D eigenvalue weighted by Crippen LogP contribution is -2.42. The van der Waals surface area contributed by atoms with Gasteiger partial charge in [-0.2, -0.15) is 0 Å². The van der Waals surface area contributed by atoms with Crippen molar-refractivity contribution in [2.45, 2.75) is 44.8 Å². The van der Waals surface area contributed by atoms with Crippen molar-refractivity contribution in [3.8, 4) is 5.75 Å². The minimum atomic E-state index is -0.0839. The molecule has 148 valence electrons. The zero-order valence-electron chi connectivity index (χ0n) is 16.1. The molecular weight excluding hydrogens is 372 g/mol. The first-order valence-corrected chi connectivity index (χ1v) is 10.9. The SMILES string of the molecule is C[C@H](NC(=O)c1ccc(OC2CCN(C(=O)C3CC3)CC2)cc1)c1cccs1. The molecule has 28 heavy (non-hydrogen) atoms. The normalized spacial score (nSPS) is 18.5. The summed E-state index contributed by atoms with van der Waals surface area (Å²) in [5.74, 6) is 1.30. The van der Waals surface area contributed by atoms with Gasteiger partial charge in [-0.15, -0.1) is 11.3 Å². The molecule has 2 amide bonds. The van der Waals surface area contributed by atoms with Crippen LogP contribution in [0.2, 0.25) is 0 Å². The van der Waals surface area contributed by atoms with Crippen LogP contribution in [-0.2, 0) is 4.79 Å². The van der Waals surface area contributed by atoms with Gasteiger partial charge in [0.15, 0.2) is 0 Å². The molecule has 0 radical (unpaired) electrons. The van der Waals surface area contributed by atoms with E-state index in [1.54, 1.807) is 23.5 Å². The van der Waals surface area contributed by atoms with Crippen LogP contribution in [0.15, 0.2) is 41.8 Å². The first kappa shape index (κ1) is 19.0. The van der Waals surface area contributed by atoms with Crippen molar-refractivity contribution in [1.29, 1.82) is 0 Å². The van der Waals surface area contributed by atoms with E-state index in [0.717, 1.165) is 49.4 Å². The van der Waals surface area contributed by atoms with Crippen LogP contribution in [0.5, 0.6) is 5.75 Å². The fourth-order valence-electron chi connectivity index (χ4n) is 3.55. The summed E-state index contributed by atoms with van der Waals surface area (Å²) in [6, 6.07) is 11.3. The largest absolute Gasteiger partial charge is 0.490 e. The third kappa shape index (κ3) is 4.55. The van der Waals surface area contributed by atoms with Crippen LogP contribution in [0.1, 0.15) is 53.9 Å². The molecule has 1 aromatic carbocycles. The van der Waals surface area contributed by atoms with Crippen LogP contribution in [0.3, 0.4) is 0 Å². The predicted octanol–water partition coefficient (Wildman–Crippen LogP) is 4.02. The van der Waals surface area contributed by atoms with Gasteiger partial charge < -0.3 is 15.0 Å². The second-order valence-electron chi connectivity index (χ2n) is 7.65. The third-order valence-corrected chi connectivity index (χ3v) is 6.47. The maximum Gasteiger partial charge on any atom is 0.251 e. The first-order chi connectivity index (χ1) is 13.6. The Morgan fingerprint density at radius 3 is 2.43 bits per heavy atom. The molecule has 1 aliphatic heterocycles. The Morgan fingerprint density at radius 2 is 1.82 bits per heavy atom. The maximum absolute atomic E-state index is 12.4. The van der Waals surface area contributed by atoms with Crippen molar-refractivity contribution in [1.82, 2.24) is 10.2 Å². The number of thiophene rings is 1. The molecule has 1 atom stereocenters. The number of carbonyl (C=O) groups is 2. The lowest BCUT2D eigenvalue weighted by Gasteiger charge is -2.32. The summed E-state index contributed by atoms with van der Waals surface area (Å²) in [5.41, 5.74) is 0.626. The minimum absolute atomic E-state index is 0.00744. The summed E-state index contributed by atoms with van der Waals surface area (Å²) in [5, 5.41) is 5.03. The molecule has 1 aliphatic carbocycles. The van der Waals surface area contributed by atoms with E-state index < -0.39 is 0 Å². The molecule has 2 heterocycles. The molecule has 0 bridgehead atoms. The number of ether oxygens (including phenoxy) is 1. The summed E-state index contributed by atoms with van der Waals surface area (Å²) in [6.45, 7) is 3.55. The zero-order valence-corrected chi connectivity index (χ0v) is 16.9. The van der Waals surface area contributed by atoms with Crippen LogP contribution in [0.4, 0.5) is 0 Å². The Labute approximate surface area is 169 Å². The molecule has 2 aromatic rings. The molecule has 1 saturated heterocycles. The monoisotopic (exact) mass is 398 g/mol. The second kappa shape index (κ2) is 8.35. The van der Waals surface area contributed by atoms with Crippen molar-refractivity contribution < 1.29 is 14.3 Å². The van der Waals surface area contributed by atoms with Gasteiger partial charge in [-0.25, -0.2) is 0 Å². The summed E-state index contributed by atoms with van der Waals surface area (Å²) in [7, 11) is 0. The van der Waals surface area contributed by atoms with E-state index in [4.69, 9.17) is 4.74 Å². The van der Waals surface area contributed by atoms with E-state index in [0.29, 0.717) is 17.4 Å². The number of likely N-dealkylation sites (tertiary alicyclic amines) is 1. The highest BCUT2D eigenvalue weighted by Gasteiger charge is 2.35. The van der Waals surface area contributed by atoms with E-state index in [2.05, 4.69) is 5.32 Å². The van der Waals surface area contributed by atoms with Gasteiger partial charge in [-0.1, -0.05) is 6.07 Å². The summed E-state index contributed by atoms with van der Waals surface area (Å²) < 4.78 is 6.07. The number of carbonyl (C=O) groups excluding carboxylic acids is 2. The number of nitrogens with one attached hydrogen (secondary N) is 1. The first-order valence-electron chi connectivity index (χ1n) is 10.00. The number of piperidine rings is 1. The highest BCUT2D eigenvalue weighted by atomic mass is 32.1. The minimum Gasteiger partial charge on any atom is -0.490 e. The van der Waals surface area contributed by atoms with Gasteiger partial charge in [0.1, 0.15) is 11.9 Å². The van der Waals surface area contributed by atoms with Crippen molar-refractivity contribution in [3.05, 3.63) is 52.2 Å². The van der Waals surface area contributed by atoms with E-state index >= 15 is 0 Å². The van der Waals surface area contributed by atoms with Crippen LogP contribution < -0.4 is 10.1 Å². The van der Waals surface area contributed by atoms with E-state index in [1.807, 2.05) is 41.5 Å². The maximum atomic E-state index is 12.4. The summed E-state index contributed by atoms with van der Waals surface area (Å²) in [4.78, 5) is 27.7. The Hall–Kier alpha value is -2.34. The molecule has 0 spiro atoms. The number of amides is 2. The van der Waals surface area contributed by atoms with Gasteiger partial charge >= 0.3 is 0 Å². The van der Waals surface area contributed by atoms with Crippen LogP contribution >= 0.6 is 11.3 Å². The molecule has 4 rings (SSSR count). The molecule has 1 aromatic heterocycles. The Morgan fingerprint density at radius 1 is 1.11 bits per heavy atom. The lowest BCUT2D eigenvalue weighted by atomic mass is 10.1. The molecule has 6 heteroatoms. The highest BCUT2D eigenvalue weighted by molar-refractivity contribution is 7.10. The van der Waals surface area contributed by atoms with Gasteiger partial charge in [-0.05, 0) is 55.5 Å². The predicted molar refractivity (Wildman–Crippen MR) is 110 cm³/mol. The van der Waals surface area contributed by atoms with E-state index in [9.17, 15) is 9.59 Å². The third-order valence-electron chi connectivity index (χ3n) is 5.42. The van der Waals surface area contributed by atoms with Crippen molar-refractivity contribution >= 4 is 23.2 Å².